The zero-order valence-corrected chi connectivity index (χ0v) is 14.4. The molecule has 1 amide bonds. The van der Waals surface area contributed by atoms with Crippen LogP contribution in [0.15, 0.2) is 18.2 Å². The second-order valence-electron chi connectivity index (χ2n) is 5.21. The highest BCUT2D eigenvalue weighted by molar-refractivity contribution is 7.86. The summed E-state index contributed by atoms with van der Waals surface area (Å²) in [5, 5.41) is 3.33. The van der Waals surface area contributed by atoms with E-state index < -0.39 is 10.8 Å². The van der Waals surface area contributed by atoms with Crippen LogP contribution in [0.3, 0.4) is 0 Å². The zero-order chi connectivity index (χ0) is 16.0. The second kappa shape index (κ2) is 8.39. The van der Waals surface area contributed by atoms with Crippen LogP contribution in [0.1, 0.15) is 26.3 Å². The van der Waals surface area contributed by atoms with Gasteiger partial charge in [-0.25, -0.2) is 0 Å². The topological polar surface area (TPSA) is 55.4 Å². The van der Waals surface area contributed by atoms with Crippen molar-refractivity contribution in [3.05, 3.63) is 28.8 Å². The summed E-state index contributed by atoms with van der Waals surface area (Å²) in [6.45, 7) is 6.19. The maximum Gasteiger partial charge on any atom is 0.232 e. The molecule has 1 aromatic rings. The molecule has 0 aromatic heterocycles. The molecule has 0 fully saturated rings. The molecule has 0 aliphatic carbocycles. The molecule has 0 bridgehead atoms. The van der Waals surface area contributed by atoms with Gasteiger partial charge in [0.1, 0.15) is 11.5 Å². The molecule has 0 unspecified atom stereocenters. The minimum atomic E-state index is -1.16. The molecule has 0 aliphatic rings. The molecule has 118 valence electrons. The Morgan fingerprint density at radius 2 is 2.05 bits per heavy atom. The third kappa shape index (κ3) is 5.67. The summed E-state index contributed by atoms with van der Waals surface area (Å²) in [6.07, 6.45) is 0. The molecular formula is C15H22ClNO3S. The van der Waals surface area contributed by atoms with E-state index in [0.29, 0.717) is 17.3 Å². The zero-order valence-electron chi connectivity index (χ0n) is 12.8. The van der Waals surface area contributed by atoms with Crippen molar-refractivity contribution < 1.29 is 13.7 Å². The van der Waals surface area contributed by atoms with Crippen LogP contribution in [0.2, 0.25) is 5.02 Å². The van der Waals surface area contributed by atoms with Crippen molar-refractivity contribution in [2.75, 3.05) is 12.9 Å². The van der Waals surface area contributed by atoms with E-state index in [2.05, 4.69) is 5.32 Å². The lowest BCUT2D eigenvalue weighted by molar-refractivity contribution is -0.118. The molecule has 0 heterocycles. The van der Waals surface area contributed by atoms with Crippen LogP contribution in [0, 0.1) is 5.92 Å². The summed E-state index contributed by atoms with van der Waals surface area (Å²) in [4.78, 5) is 11.9. The Hall–Kier alpha value is -1.07. The highest BCUT2D eigenvalue weighted by Crippen LogP contribution is 2.22. The van der Waals surface area contributed by atoms with Crippen molar-refractivity contribution in [1.29, 1.82) is 0 Å². The van der Waals surface area contributed by atoms with Crippen LogP contribution in [0.4, 0.5) is 0 Å². The van der Waals surface area contributed by atoms with Gasteiger partial charge in [0, 0.05) is 33.2 Å². The normalized spacial score (nSPS) is 13.8. The molecule has 6 heteroatoms. The lowest BCUT2D eigenvalue weighted by Gasteiger charge is -2.15. The first kappa shape index (κ1) is 18.0. The van der Waals surface area contributed by atoms with E-state index in [1.807, 2.05) is 20.8 Å². The monoisotopic (exact) mass is 331 g/mol. The van der Waals surface area contributed by atoms with Gasteiger partial charge in [-0.1, -0.05) is 32.4 Å². The molecule has 1 aromatic carbocycles. The van der Waals surface area contributed by atoms with Gasteiger partial charge in [-0.05, 0) is 24.1 Å². The van der Waals surface area contributed by atoms with Crippen molar-refractivity contribution in [3.63, 3.8) is 0 Å². The van der Waals surface area contributed by atoms with Crippen molar-refractivity contribution in [2.24, 2.45) is 5.92 Å². The van der Waals surface area contributed by atoms with Crippen LogP contribution in [-0.4, -0.2) is 28.2 Å². The molecule has 2 atom stereocenters. The van der Waals surface area contributed by atoms with E-state index in [0.717, 1.165) is 5.56 Å². The Morgan fingerprint density at radius 3 is 2.62 bits per heavy atom. The first-order chi connectivity index (χ1) is 9.85. The number of hydrogen-bond acceptors (Lipinski definition) is 3. The Kier molecular flexibility index (Phi) is 7.18. The van der Waals surface area contributed by atoms with E-state index in [1.54, 1.807) is 25.3 Å². The van der Waals surface area contributed by atoms with Crippen LogP contribution >= 0.6 is 11.6 Å². The Bertz CT molecular complexity index is 520. The number of hydrogen-bond donors (Lipinski definition) is 1. The number of nitrogens with one attached hydrogen (secondary N) is 1. The number of rotatable bonds is 7. The molecule has 1 rings (SSSR count). The fourth-order valence-corrected chi connectivity index (χ4v) is 3.12. The van der Waals surface area contributed by atoms with E-state index in [9.17, 15) is 9.00 Å². The predicted molar refractivity (Wildman–Crippen MR) is 87.2 cm³/mol. The Balaban J connectivity index is 2.57. The van der Waals surface area contributed by atoms with E-state index >= 15 is 0 Å². The average Bonchev–Trinajstić information content (AvgIpc) is 2.44. The first-order valence-corrected chi connectivity index (χ1v) is 8.57. The van der Waals surface area contributed by atoms with Crippen LogP contribution in [0.5, 0.6) is 5.75 Å². The van der Waals surface area contributed by atoms with Gasteiger partial charge in [-0.3, -0.25) is 9.00 Å². The van der Waals surface area contributed by atoms with Gasteiger partial charge >= 0.3 is 0 Å². The van der Waals surface area contributed by atoms with Crippen LogP contribution in [-0.2, 0) is 22.1 Å². The number of carbonyl (C=O) groups excluding carboxylic acids is 1. The summed E-state index contributed by atoms with van der Waals surface area (Å²) in [7, 11) is 0.400. The summed E-state index contributed by atoms with van der Waals surface area (Å²) in [5.41, 5.74) is 0.793. The van der Waals surface area contributed by atoms with Gasteiger partial charge in [0.15, 0.2) is 0 Å². The average molecular weight is 332 g/mol. The number of carbonyl (C=O) groups is 1. The SMILES string of the molecule is COc1ccc(Cl)cc1CNC(=O)C[S@@](=O)[C@H](C)C(C)C. The van der Waals surface area contributed by atoms with Gasteiger partial charge in [0.25, 0.3) is 0 Å². The van der Waals surface area contributed by atoms with Gasteiger partial charge in [-0.15, -0.1) is 0 Å². The highest BCUT2D eigenvalue weighted by atomic mass is 35.5. The standard InChI is InChI=1S/C15H22ClNO3S/c1-10(2)11(3)21(19)9-15(18)17-8-12-7-13(16)5-6-14(12)20-4/h5-7,10-11H,8-9H2,1-4H3,(H,17,18)/t11-,21-/m1/s1. The van der Waals surface area contributed by atoms with Gasteiger partial charge < -0.3 is 10.1 Å². The molecular weight excluding hydrogens is 310 g/mol. The molecule has 21 heavy (non-hydrogen) atoms. The molecule has 0 spiro atoms. The third-order valence-electron chi connectivity index (χ3n) is 3.35. The van der Waals surface area contributed by atoms with Crippen molar-refractivity contribution in [3.8, 4) is 5.75 Å². The van der Waals surface area contributed by atoms with Gasteiger partial charge in [0.05, 0.1) is 7.11 Å². The molecule has 4 nitrogen and oxygen atoms in total. The number of ether oxygens (including phenoxy) is 1. The summed E-state index contributed by atoms with van der Waals surface area (Å²) in [6, 6.07) is 5.22. The quantitative estimate of drug-likeness (QED) is 0.835. The van der Waals surface area contributed by atoms with E-state index in [4.69, 9.17) is 16.3 Å². The first-order valence-electron chi connectivity index (χ1n) is 6.81. The molecule has 1 N–H and O–H groups in total. The van der Waals surface area contributed by atoms with Crippen molar-refractivity contribution in [2.45, 2.75) is 32.6 Å². The lowest BCUT2D eigenvalue weighted by atomic mass is 10.2. The van der Waals surface area contributed by atoms with Crippen LogP contribution < -0.4 is 10.1 Å². The molecule has 0 saturated carbocycles. The van der Waals surface area contributed by atoms with E-state index in [1.165, 1.54) is 0 Å². The smallest absolute Gasteiger partial charge is 0.232 e. The number of halogens is 1. The molecule has 0 saturated heterocycles. The number of amides is 1. The van der Waals surface area contributed by atoms with Gasteiger partial charge in [0.2, 0.25) is 5.91 Å². The minimum absolute atomic E-state index is 0.00328. The highest BCUT2D eigenvalue weighted by Gasteiger charge is 2.18. The largest absolute Gasteiger partial charge is 0.496 e. The van der Waals surface area contributed by atoms with Crippen LogP contribution in [0.25, 0.3) is 0 Å². The summed E-state index contributed by atoms with van der Waals surface area (Å²) in [5.74, 6) is 0.730. The molecule has 0 radical (unpaired) electrons. The third-order valence-corrected chi connectivity index (χ3v) is 5.50. The second-order valence-corrected chi connectivity index (χ2v) is 7.44. The number of methoxy groups -OCH3 is 1. The predicted octanol–water partition coefficient (Wildman–Crippen LogP) is 2.76. The fraction of sp³-hybridized carbons (Fsp3) is 0.533. The van der Waals surface area contributed by atoms with Gasteiger partial charge in [-0.2, -0.15) is 0 Å². The maximum absolute atomic E-state index is 12.0. The van der Waals surface area contributed by atoms with Crippen molar-refractivity contribution in [1.82, 2.24) is 5.32 Å². The van der Waals surface area contributed by atoms with Crippen molar-refractivity contribution >= 4 is 28.3 Å². The Morgan fingerprint density at radius 1 is 1.38 bits per heavy atom. The fourth-order valence-electron chi connectivity index (χ4n) is 1.69. The number of benzene rings is 1. The van der Waals surface area contributed by atoms with E-state index in [-0.39, 0.29) is 22.8 Å². The minimum Gasteiger partial charge on any atom is -0.496 e. The maximum atomic E-state index is 12.0. The summed E-state index contributed by atoms with van der Waals surface area (Å²) >= 11 is 5.93. The lowest BCUT2D eigenvalue weighted by Crippen LogP contribution is -2.32. The Labute approximate surface area is 133 Å². The summed E-state index contributed by atoms with van der Waals surface area (Å²) < 4.78 is 17.2. The molecule has 0 aliphatic heterocycles.